The van der Waals surface area contributed by atoms with E-state index in [4.69, 9.17) is 9.15 Å². The molecule has 1 N–H and O–H groups in total. The molecule has 1 rings (SSSR count). The first-order valence-electron chi connectivity index (χ1n) is 7.82. The molecule has 1 heterocycles. The van der Waals surface area contributed by atoms with Gasteiger partial charge < -0.3 is 14.3 Å². The van der Waals surface area contributed by atoms with Crippen LogP contribution < -0.4 is 0 Å². The zero-order valence-corrected chi connectivity index (χ0v) is 14.3. The van der Waals surface area contributed by atoms with Gasteiger partial charge in [0.1, 0.15) is 11.5 Å². The Labute approximate surface area is 129 Å². The molecule has 4 heteroatoms. The molecule has 0 radical (unpaired) electrons. The molecule has 1 aromatic rings. The summed E-state index contributed by atoms with van der Waals surface area (Å²) in [5.74, 6) is 1.86. The average Bonchev–Trinajstić information content (AvgIpc) is 2.79. The molecule has 122 valence electrons. The Hall–Kier alpha value is -0.840. The second-order valence-electron chi connectivity index (χ2n) is 6.78. The lowest BCUT2D eigenvalue weighted by molar-refractivity contribution is -0.0597. The van der Waals surface area contributed by atoms with Crippen LogP contribution in [0.25, 0.3) is 0 Å². The molecule has 0 saturated heterocycles. The molecular formula is C17H31NO3. The molecular weight excluding hydrogens is 266 g/mol. The summed E-state index contributed by atoms with van der Waals surface area (Å²) >= 11 is 0. The molecule has 0 aliphatic carbocycles. The van der Waals surface area contributed by atoms with E-state index in [2.05, 4.69) is 18.7 Å². The molecule has 0 bridgehead atoms. The molecule has 0 unspecified atom stereocenters. The van der Waals surface area contributed by atoms with Gasteiger partial charge in [-0.15, -0.1) is 0 Å². The maximum absolute atomic E-state index is 10.2. The first kappa shape index (κ1) is 18.2. The lowest BCUT2D eigenvalue weighted by atomic mass is 10.1. The topological polar surface area (TPSA) is 45.8 Å². The number of aryl methyl sites for hydroxylation is 1. The van der Waals surface area contributed by atoms with Gasteiger partial charge in [-0.25, -0.2) is 0 Å². The molecule has 0 aromatic carbocycles. The van der Waals surface area contributed by atoms with Crippen molar-refractivity contribution in [2.24, 2.45) is 0 Å². The quantitative estimate of drug-likeness (QED) is 0.799. The normalized spacial score (nSPS) is 15.4. The third kappa shape index (κ3) is 7.11. The minimum Gasteiger partial charge on any atom is -0.465 e. The summed E-state index contributed by atoms with van der Waals surface area (Å²) in [5, 5.41) is 10.2. The average molecular weight is 297 g/mol. The fourth-order valence-corrected chi connectivity index (χ4v) is 2.10. The first-order valence-corrected chi connectivity index (χ1v) is 7.82. The summed E-state index contributed by atoms with van der Waals surface area (Å²) in [5.41, 5.74) is -0.222. The van der Waals surface area contributed by atoms with Crippen LogP contribution in [0.1, 0.15) is 52.6 Å². The molecule has 0 saturated carbocycles. The van der Waals surface area contributed by atoms with Crippen LogP contribution in [0, 0.1) is 6.92 Å². The van der Waals surface area contributed by atoms with Crippen LogP contribution >= 0.6 is 0 Å². The molecule has 1 aromatic heterocycles. The van der Waals surface area contributed by atoms with E-state index in [1.807, 2.05) is 39.8 Å². The van der Waals surface area contributed by atoms with Gasteiger partial charge >= 0.3 is 0 Å². The molecule has 0 fully saturated rings. The van der Waals surface area contributed by atoms with E-state index in [9.17, 15) is 5.11 Å². The molecule has 0 aliphatic rings. The van der Waals surface area contributed by atoms with Crippen LogP contribution in [0.15, 0.2) is 16.5 Å². The highest BCUT2D eigenvalue weighted by atomic mass is 16.5. The van der Waals surface area contributed by atoms with Gasteiger partial charge in [-0.2, -0.15) is 0 Å². The number of aliphatic hydroxyl groups excluding tert-OH is 1. The summed E-state index contributed by atoms with van der Waals surface area (Å²) in [4.78, 5) is 2.24. The van der Waals surface area contributed by atoms with Crippen LogP contribution in [-0.2, 0) is 11.3 Å². The van der Waals surface area contributed by atoms with Crippen molar-refractivity contribution in [3.63, 3.8) is 0 Å². The van der Waals surface area contributed by atoms with E-state index in [1.165, 1.54) is 0 Å². The third-order valence-corrected chi connectivity index (χ3v) is 3.52. The van der Waals surface area contributed by atoms with Gasteiger partial charge in [-0.05, 0) is 53.2 Å². The van der Waals surface area contributed by atoms with E-state index >= 15 is 0 Å². The van der Waals surface area contributed by atoms with Gasteiger partial charge in [-0.1, -0.05) is 6.92 Å². The van der Waals surface area contributed by atoms with Gasteiger partial charge in [0.2, 0.25) is 0 Å². The van der Waals surface area contributed by atoms with Crippen molar-refractivity contribution in [2.75, 3.05) is 13.2 Å². The fourth-order valence-electron chi connectivity index (χ4n) is 2.10. The molecule has 0 spiro atoms. The Kier molecular flexibility index (Phi) is 6.91. The lowest BCUT2D eigenvalue weighted by Gasteiger charge is -2.30. The Morgan fingerprint density at radius 1 is 1.33 bits per heavy atom. The molecule has 2 atom stereocenters. The Balaban J connectivity index is 2.57. The largest absolute Gasteiger partial charge is 0.465 e. The highest BCUT2D eigenvalue weighted by Crippen LogP contribution is 2.15. The fraction of sp³-hybridized carbons (Fsp3) is 0.765. The number of ether oxygens (including phenoxy) is 1. The maximum Gasteiger partial charge on any atom is 0.118 e. The summed E-state index contributed by atoms with van der Waals surface area (Å²) in [7, 11) is 0. The number of furan rings is 1. The second kappa shape index (κ2) is 7.97. The smallest absolute Gasteiger partial charge is 0.118 e. The van der Waals surface area contributed by atoms with Crippen LogP contribution in [-0.4, -0.2) is 40.9 Å². The van der Waals surface area contributed by atoms with Crippen LogP contribution in [0.3, 0.4) is 0 Å². The van der Waals surface area contributed by atoms with E-state index in [0.29, 0.717) is 19.2 Å². The van der Waals surface area contributed by atoms with E-state index in [-0.39, 0.29) is 5.60 Å². The number of hydrogen-bond donors (Lipinski definition) is 1. The van der Waals surface area contributed by atoms with Crippen molar-refractivity contribution in [1.82, 2.24) is 4.90 Å². The number of hydrogen-bond acceptors (Lipinski definition) is 4. The maximum atomic E-state index is 10.2. The van der Waals surface area contributed by atoms with E-state index in [0.717, 1.165) is 24.5 Å². The molecule has 21 heavy (non-hydrogen) atoms. The zero-order valence-electron chi connectivity index (χ0n) is 14.3. The third-order valence-electron chi connectivity index (χ3n) is 3.52. The predicted octanol–water partition coefficient (Wildman–Crippen LogP) is 3.36. The number of rotatable bonds is 8. The molecule has 0 aliphatic heterocycles. The van der Waals surface area contributed by atoms with Crippen molar-refractivity contribution in [3.8, 4) is 0 Å². The van der Waals surface area contributed by atoms with Crippen molar-refractivity contribution in [1.29, 1.82) is 0 Å². The minimum absolute atomic E-state index is 0.222. The lowest BCUT2D eigenvalue weighted by Crippen LogP contribution is -2.40. The Bertz CT molecular complexity index is 408. The first-order chi connectivity index (χ1) is 9.71. The van der Waals surface area contributed by atoms with E-state index in [1.54, 1.807) is 0 Å². The van der Waals surface area contributed by atoms with Gasteiger partial charge in [0.15, 0.2) is 0 Å². The minimum atomic E-state index is -0.491. The highest BCUT2D eigenvalue weighted by Gasteiger charge is 2.20. The van der Waals surface area contributed by atoms with Crippen LogP contribution in [0.4, 0.5) is 0 Å². The van der Waals surface area contributed by atoms with Crippen molar-refractivity contribution in [2.45, 2.75) is 72.3 Å². The van der Waals surface area contributed by atoms with Gasteiger partial charge in [0.25, 0.3) is 0 Å². The Morgan fingerprint density at radius 3 is 2.48 bits per heavy atom. The number of aliphatic hydroxyl groups is 1. The molecule has 4 nitrogen and oxygen atoms in total. The second-order valence-corrected chi connectivity index (χ2v) is 6.78. The summed E-state index contributed by atoms with van der Waals surface area (Å²) in [6, 6.07) is 4.37. The standard InChI is InChI=1S/C17H31NO3/c1-7-13(2)18(11-16-9-8-14(3)21-16)10-15(19)12-20-17(4,5)6/h8-9,13,15,19H,7,10-12H2,1-6H3/t13-,15-/m0/s1. The van der Waals surface area contributed by atoms with Crippen molar-refractivity contribution >= 4 is 0 Å². The highest BCUT2D eigenvalue weighted by molar-refractivity contribution is 5.05. The summed E-state index contributed by atoms with van der Waals surface area (Å²) < 4.78 is 11.3. The summed E-state index contributed by atoms with van der Waals surface area (Å²) in [6.07, 6.45) is 0.543. The summed E-state index contributed by atoms with van der Waals surface area (Å²) in [6.45, 7) is 13.9. The molecule has 0 amide bonds. The SMILES string of the molecule is CC[C@H](C)N(Cc1ccc(C)o1)C[C@H](O)COC(C)(C)C. The zero-order chi connectivity index (χ0) is 16.0. The van der Waals surface area contributed by atoms with Crippen LogP contribution in [0.2, 0.25) is 0 Å². The predicted molar refractivity (Wildman–Crippen MR) is 85.3 cm³/mol. The number of nitrogens with zero attached hydrogens (tertiary/aromatic N) is 1. The monoisotopic (exact) mass is 297 g/mol. The van der Waals surface area contributed by atoms with Gasteiger partial charge in [-0.3, -0.25) is 4.90 Å². The van der Waals surface area contributed by atoms with Crippen molar-refractivity contribution < 1.29 is 14.3 Å². The van der Waals surface area contributed by atoms with Gasteiger partial charge in [0, 0.05) is 12.6 Å². The Morgan fingerprint density at radius 2 is 2.00 bits per heavy atom. The van der Waals surface area contributed by atoms with Crippen LogP contribution in [0.5, 0.6) is 0 Å². The van der Waals surface area contributed by atoms with Gasteiger partial charge in [0.05, 0.1) is 24.9 Å². The van der Waals surface area contributed by atoms with E-state index < -0.39 is 6.10 Å². The van der Waals surface area contributed by atoms with Crippen molar-refractivity contribution in [3.05, 3.63) is 23.7 Å².